The molecule has 0 unspecified atom stereocenters. The van der Waals surface area contributed by atoms with E-state index in [1.54, 1.807) is 4.90 Å². The first-order chi connectivity index (χ1) is 11.8. The third kappa shape index (κ3) is 2.70. The van der Waals surface area contributed by atoms with Gasteiger partial charge in [-0.1, -0.05) is 18.2 Å². The fraction of sp³-hybridized carbons (Fsp3) is 0.600. The molecule has 5 heteroatoms. The molecule has 4 rings (SSSR count). The standard InChI is InChI=1S/C20H26N2O3/c1-19(2,3)25-18(24)21-12-8-14(9-13-21)22-16-7-5-4-6-15(16)20(10-11-20)17(22)23/h4-7,14H,8-13H2,1-3H3. The summed E-state index contributed by atoms with van der Waals surface area (Å²) < 4.78 is 5.46. The monoisotopic (exact) mass is 342 g/mol. The van der Waals surface area contributed by atoms with Crippen LogP contribution in [-0.4, -0.2) is 41.6 Å². The fourth-order valence-electron chi connectivity index (χ4n) is 4.15. The quantitative estimate of drug-likeness (QED) is 0.785. The summed E-state index contributed by atoms with van der Waals surface area (Å²) in [5.41, 5.74) is 1.57. The van der Waals surface area contributed by atoms with E-state index in [2.05, 4.69) is 12.1 Å². The van der Waals surface area contributed by atoms with Crippen LogP contribution in [0.2, 0.25) is 0 Å². The molecule has 1 aromatic carbocycles. The van der Waals surface area contributed by atoms with E-state index < -0.39 is 5.60 Å². The minimum Gasteiger partial charge on any atom is -0.444 e. The number of fused-ring (bicyclic) bond motifs is 2. The van der Waals surface area contributed by atoms with E-state index in [4.69, 9.17) is 4.74 Å². The number of carbonyl (C=O) groups excluding carboxylic acids is 2. The van der Waals surface area contributed by atoms with Crippen molar-refractivity contribution in [3.8, 4) is 0 Å². The zero-order valence-corrected chi connectivity index (χ0v) is 15.2. The average molecular weight is 342 g/mol. The Balaban J connectivity index is 1.47. The number of hydrogen-bond donors (Lipinski definition) is 0. The second-order valence-corrected chi connectivity index (χ2v) is 8.47. The third-order valence-corrected chi connectivity index (χ3v) is 5.54. The molecule has 2 heterocycles. The van der Waals surface area contributed by atoms with Crippen LogP contribution in [0.3, 0.4) is 0 Å². The van der Waals surface area contributed by atoms with Crippen molar-refractivity contribution in [3.63, 3.8) is 0 Å². The maximum atomic E-state index is 13.1. The summed E-state index contributed by atoms with van der Waals surface area (Å²) in [5.74, 6) is 0.268. The molecule has 2 aliphatic heterocycles. The van der Waals surface area contributed by atoms with Gasteiger partial charge in [0.2, 0.25) is 5.91 Å². The fourth-order valence-corrected chi connectivity index (χ4v) is 4.15. The summed E-state index contributed by atoms with van der Waals surface area (Å²) in [7, 11) is 0. The maximum absolute atomic E-state index is 13.1. The van der Waals surface area contributed by atoms with Crippen LogP contribution in [0.25, 0.3) is 0 Å². The van der Waals surface area contributed by atoms with Crippen molar-refractivity contribution >= 4 is 17.7 Å². The van der Waals surface area contributed by atoms with Gasteiger partial charge in [0.05, 0.1) is 5.41 Å². The van der Waals surface area contributed by atoms with Gasteiger partial charge in [-0.05, 0) is 58.1 Å². The number of carbonyl (C=O) groups is 2. The summed E-state index contributed by atoms with van der Waals surface area (Å²) >= 11 is 0. The highest BCUT2D eigenvalue weighted by Crippen LogP contribution is 2.58. The van der Waals surface area contributed by atoms with Crippen LogP contribution in [0.1, 0.15) is 52.0 Å². The predicted molar refractivity (Wildman–Crippen MR) is 95.7 cm³/mol. The van der Waals surface area contributed by atoms with E-state index in [9.17, 15) is 9.59 Å². The Morgan fingerprint density at radius 2 is 1.80 bits per heavy atom. The predicted octanol–water partition coefficient (Wildman–Crippen LogP) is 3.46. The first-order valence-electron chi connectivity index (χ1n) is 9.23. The number of hydrogen-bond acceptors (Lipinski definition) is 3. The van der Waals surface area contributed by atoms with E-state index in [0.29, 0.717) is 13.1 Å². The second kappa shape index (κ2) is 5.48. The zero-order chi connectivity index (χ0) is 17.8. The molecule has 3 aliphatic rings. The molecule has 1 spiro atoms. The molecule has 1 aliphatic carbocycles. The third-order valence-electron chi connectivity index (χ3n) is 5.54. The summed E-state index contributed by atoms with van der Waals surface area (Å²) in [4.78, 5) is 29.1. The normalized spacial score (nSPS) is 22.3. The van der Waals surface area contributed by atoms with Crippen molar-refractivity contribution in [1.82, 2.24) is 4.90 Å². The minimum atomic E-state index is -0.476. The van der Waals surface area contributed by atoms with E-state index in [1.807, 2.05) is 37.8 Å². The molecule has 0 N–H and O–H groups in total. The first kappa shape index (κ1) is 16.4. The largest absolute Gasteiger partial charge is 0.444 e. The van der Waals surface area contributed by atoms with Gasteiger partial charge in [-0.15, -0.1) is 0 Å². The summed E-state index contributed by atoms with van der Waals surface area (Å²) in [6.07, 6.45) is 3.29. The molecular weight excluding hydrogens is 316 g/mol. The number of anilines is 1. The highest BCUT2D eigenvalue weighted by atomic mass is 16.6. The van der Waals surface area contributed by atoms with Gasteiger partial charge in [-0.2, -0.15) is 0 Å². The maximum Gasteiger partial charge on any atom is 0.410 e. The molecule has 1 saturated carbocycles. The van der Waals surface area contributed by atoms with Crippen molar-refractivity contribution in [3.05, 3.63) is 29.8 Å². The van der Waals surface area contributed by atoms with Crippen LogP contribution >= 0.6 is 0 Å². The molecule has 25 heavy (non-hydrogen) atoms. The molecule has 5 nitrogen and oxygen atoms in total. The Morgan fingerprint density at radius 1 is 1.16 bits per heavy atom. The Morgan fingerprint density at radius 3 is 2.40 bits per heavy atom. The van der Waals surface area contributed by atoms with Gasteiger partial charge in [-0.3, -0.25) is 4.79 Å². The number of para-hydroxylation sites is 1. The van der Waals surface area contributed by atoms with E-state index in [-0.39, 0.29) is 23.5 Å². The number of piperidine rings is 1. The number of likely N-dealkylation sites (tertiary alicyclic amines) is 1. The highest BCUT2D eigenvalue weighted by molar-refractivity contribution is 6.10. The van der Waals surface area contributed by atoms with Gasteiger partial charge in [0.15, 0.2) is 0 Å². The first-order valence-corrected chi connectivity index (χ1v) is 9.23. The van der Waals surface area contributed by atoms with Crippen LogP contribution < -0.4 is 4.90 Å². The van der Waals surface area contributed by atoms with E-state index in [0.717, 1.165) is 31.4 Å². The number of benzene rings is 1. The number of amides is 2. The zero-order valence-electron chi connectivity index (χ0n) is 15.2. The molecule has 0 atom stereocenters. The average Bonchev–Trinajstić information content (AvgIpc) is 3.32. The molecule has 134 valence electrons. The number of rotatable bonds is 1. The van der Waals surface area contributed by atoms with Gasteiger partial charge in [0.25, 0.3) is 0 Å². The lowest BCUT2D eigenvalue weighted by atomic mass is 9.98. The number of ether oxygens (including phenoxy) is 1. The Hall–Kier alpha value is -2.04. The van der Waals surface area contributed by atoms with Crippen LogP contribution in [0.4, 0.5) is 10.5 Å². The van der Waals surface area contributed by atoms with Crippen molar-refractivity contribution in [1.29, 1.82) is 0 Å². The highest BCUT2D eigenvalue weighted by Gasteiger charge is 2.60. The van der Waals surface area contributed by atoms with Gasteiger partial charge in [-0.25, -0.2) is 4.79 Å². The van der Waals surface area contributed by atoms with Crippen LogP contribution in [0.15, 0.2) is 24.3 Å². The van der Waals surface area contributed by atoms with Crippen molar-refractivity contribution in [2.45, 2.75) is 63.5 Å². The lowest BCUT2D eigenvalue weighted by Gasteiger charge is -2.37. The lowest BCUT2D eigenvalue weighted by molar-refractivity contribution is -0.120. The van der Waals surface area contributed by atoms with Crippen LogP contribution in [-0.2, 0) is 14.9 Å². The molecule has 1 aromatic rings. The second-order valence-electron chi connectivity index (χ2n) is 8.47. The van der Waals surface area contributed by atoms with Crippen LogP contribution in [0.5, 0.6) is 0 Å². The Bertz CT molecular complexity index is 710. The topological polar surface area (TPSA) is 49.9 Å². The Kier molecular flexibility index (Phi) is 3.60. The van der Waals surface area contributed by atoms with Gasteiger partial charge < -0.3 is 14.5 Å². The number of nitrogens with zero attached hydrogens (tertiary/aromatic N) is 2. The van der Waals surface area contributed by atoms with E-state index in [1.165, 1.54) is 5.56 Å². The molecular formula is C20H26N2O3. The summed E-state index contributed by atoms with van der Waals surface area (Å²) in [5, 5.41) is 0. The lowest BCUT2D eigenvalue weighted by Crippen LogP contribution is -2.49. The van der Waals surface area contributed by atoms with Gasteiger partial charge in [0.1, 0.15) is 5.60 Å². The van der Waals surface area contributed by atoms with Crippen molar-refractivity contribution in [2.75, 3.05) is 18.0 Å². The van der Waals surface area contributed by atoms with E-state index >= 15 is 0 Å². The molecule has 0 bridgehead atoms. The van der Waals surface area contributed by atoms with Crippen molar-refractivity contribution in [2.24, 2.45) is 0 Å². The van der Waals surface area contributed by atoms with Crippen LogP contribution in [0, 0.1) is 0 Å². The SMILES string of the molecule is CC(C)(C)OC(=O)N1CCC(N2C(=O)C3(CC3)c3ccccc32)CC1. The Labute approximate surface area is 148 Å². The minimum absolute atomic E-state index is 0.173. The summed E-state index contributed by atoms with van der Waals surface area (Å²) in [6, 6.07) is 8.39. The molecule has 2 amide bonds. The summed E-state index contributed by atoms with van der Waals surface area (Å²) in [6.45, 7) is 6.92. The molecule has 2 fully saturated rings. The molecule has 0 radical (unpaired) electrons. The van der Waals surface area contributed by atoms with Gasteiger partial charge in [0, 0.05) is 24.8 Å². The smallest absolute Gasteiger partial charge is 0.410 e. The molecule has 0 aromatic heterocycles. The van der Waals surface area contributed by atoms with Gasteiger partial charge >= 0.3 is 6.09 Å². The van der Waals surface area contributed by atoms with Crippen molar-refractivity contribution < 1.29 is 14.3 Å². The molecule has 1 saturated heterocycles.